The summed E-state index contributed by atoms with van der Waals surface area (Å²) in [6.07, 6.45) is -0.849. The molecular weight excluding hydrogens is 387 g/mol. The van der Waals surface area contributed by atoms with Gasteiger partial charge in [0.1, 0.15) is 5.57 Å². The second-order valence-corrected chi connectivity index (χ2v) is 6.50. The highest BCUT2D eigenvalue weighted by Gasteiger charge is 2.39. The molecule has 2 aromatic carbocycles. The lowest BCUT2D eigenvalue weighted by Gasteiger charge is -2.14. The Balaban J connectivity index is 2.20. The number of rotatable bonds is 3. The number of carbonyl (C=O) groups excluding carboxylic acids is 2. The molecule has 0 N–H and O–H groups in total. The molecule has 1 aliphatic rings. The van der Waals surface area contributed by atoms with E-state index in [2.05, 4.69) is 0 Å². The van der Waals surface area contributed by atoms with Crippen molar-refractivity contribution < 1.29 is 19.1 Å². The predicted molar refractivity (Wildman–Crippen MR) is 95.4 cm³/mol. The third-order valence-electron chi connectivity index (χ3n) is 3.55. The highest BCUT2D eigenvalue weighted by Crippen LogP contribution is 2.43. The highest BCUT2D eigenvalue weighted by atomic mass is 35.5. The summed E-state index contributed by atoms with van der Waals surface area (Å²) < 4.78 is 10.7. The van der Waals surface area contributed by atoms with Gasteiger partial charge in [-0.25, -0.2) is 4.79 Å². The van der Waals surface area contributed by atoms with Crippen molar-refractivity contribution in [2.45, 2.75) is 13.0 Å². The van der Waals surface area contributed by atoms with Crippen LogP contribution in [0.1, 0.15) is 24.2 Å². The first-order valence-corrected chi connectivity index (χ1v) is 8.35. The molecule has 7 heteroatoms. The maximum absolute atomic E-state index is 12.5. The van der Waals surface area contributed by atoms with Gasteiger partial charge in [-0.05, 0) is 12.1 Å². The third-order valence-corrected chi connectivity index (χ3v) is 4.58. The molecule has 0 fully saturated rings. The predicted octanol–water partition coefficient (Wildman–Crippen LogP) is 5.22. The third kappa shape index (κ3) is 3.52. The highest BCUT2D eigenvalue weighted by molar-refractivity contribution is 6.44. The summed E-state index contributed by atoms with van der Waals surface area (Å²) in [6, 6.07) is 11.8. The standard InChI is InChI=1S/C18H11Cl3O4/c1-9(22)24-17-15(11-7-13(20)14(21)8-12(11)19)18(23)25-16(17)10-5-3-2-4-6-10/h2-8,16H,1H3. The van der Waals surface area contributed by atoms with Gasteiger partial charge in [-0.1, -0.05) is 65.1 Å². The Bertz CT molecular complexity index is 891. The molecule has 1 aliphatic heterocycles. The van der Waals surface area contributed by atoms with Crippen LogP contribution in [0.15, 0.2) is 48.2 Å². The Labute approximate surface area is 158 Å². The average molecular weight is 398 g/mol. The van der Waals surface area contributed by atoms with E-state index < -0.39 is 18.0 Å². The number of halogens is 3. The second kappa shape index (κ2) is 7.08. The van der Waals surface area contributed by atoms with E-state index in [9.17, 15) is 9.59 Å². The fourth-order valence-electron chi connectivity index (χ4n) is 2.51. The van der Waals surface area contributed by atoms with Crippen molar-refractivity contribution in [3.8, 4) is 0 Å². The number of cyclic esters (lactones) is 1. The van der Waals surface area contributed by atoms with E-state index in [-0.39, 0.29) is 32.0 Å². The minimum absolute atomic E-state index is 0.0487. The Morgan fingerprint density at radius 1 is 1.04 bits per heavy atom. The number of esters is 2. The Hall–Kier alpha value is -2.01. The van der Waals surface area contributed by atoms with Crippen molar-refractivity contribution in [1.29, 1.82) is 0 Å². The lowest BCUT2D eigenvalue weighted by atomic mass is 10.0. The Morgan fingerprint density at radius 3 is 2.32 bits per heavy atom. The van der Waals surface area contributed by atoms with Gasteiger partial charge in [-0.2, -0.15) is 0 Å². The van der Waals surface area contributed by atoms with Gasteiger partial charge >= 0.3 is 11.9 Å². The molecule has 0 spiro atoms. The molecule has 0 saturated carbocycles. The lowest BCUT2D eigenvalue weighted by Crippen LogP contribution is -2.07. The summed E-state index contributed by atoms with van der Waals surface area (Å²) in [6.45, 7) is 1.24. The summed E-state index contributed by atoms with van der Waals surface area (Å²) in [4.78, 5) is 24.1. The van der Waals surface area contributed by atoms with Gasteiger partial charge in [0.25, 0.3) is 0 Å². The van der Waals surface area contributed by atoms with Gasteiger partial charge in [0.2, 0.25) is 0 Å². The maximum atomic E-state index is 12.5. The van der Waals surface area contributed by atoms with E-state index in [1.807, 2.05) is 6.07 Å². The molecule has 1 atom stereocenters. The van der Waals surface area contributed by atoms with Gasteiger partial charge in [0.15, 0.2) is 11.9 Å². The normalized spacial score (nSPS) is 16.8. The van der Waals surface area contributed by atoms with E-state index in [4.69, 9.17) is 44.3 Å². The topological polar surface area (TPSA) is 52.6 Å². The van der Waals surface area contributed by atoms with Crippen LogP contribution in [0.2, 0.25) is 15.1 Å². The second-order valence-electron chi connectivity index (χ2n) is 5.28. The zero-order chi connectivity index (χ0) is 18.1. The number of hydrogen-bond donors (Lipinski definition) is 0. The fourth-order valence-corrected chi connectivity index (χ4v) is 3.16. The lowest BCUT2D eigenvalue weighted by molar-refractivity contribution is -0.143. The van der Waals surface area contributed by atoms with E-state index in [1.54, 1.807) is 24.3 Å². The zero-order valence-electron chi connectivity index (χ0n) is 12.9. The summed E-state index contributed by atoms with van der Waals surface area (Å²) in [5, 5.41) is 0.655. The largest absolute Gasteiger partial charge is 0.445 e. The van der Waals surface area contributed by atoms with Crippen LogP contribution >= 0.6 is 34.8 Å². The number of hydrogen-bond acceptors (Lipinski definition) is 4. The fraction of sp³-hybridized carbons (Fsp3) is 0.111. The average Bonchev–Trinajstić information content (AvgIpc) is 2.87. The number of ether oxygens (including phenoxy) is 2. The summed E-state index contributed by atoms with van der Waals surface area (Å²) in [5.41, 5.74) is 1.00. The number of benzene rings is 2. The van der Waals surface area contributed by atoms with Crippen LogP contribution in [-0.4, -0.2) is 11.9 Å². The minimum Gasteiger partial charge on any atom is -0.445 e. The van der Waals surface area contributed by atoms with Crippen molar-refractivity contribution in [1.82, 2.24) is 0 Å². The number of carbonyl (C=O) groups is 2. The van der Waals surface area contributed by atoms with Crippen molar-refractivity contribution >= 4 is 52.3 Å². The summed E-state index contributed by atoms with van der Waals surface area (Å²) in [5.74, 6) is -1.17. The van der Waals surface area contributed by atoms with Gasteiger partial charge in [0.05, 0.1) is 15.1 Å². The molecule has 0 aromatic heterocycles. The molecule has 128 valence electrons. The van der Waals surface area contributed by atoms with Crippen LogP contribution < -0.4 is 0 Å². The molecule has 2 aromatic rings. The van der Waals surface area contributed by atoms with Crippen LogP contribution in [0.25, 0.3) is 5.57 Å². The first-order chi connectivity index (χ1) is 11.9. The molecule has 4 nitrogen and oxygen atoms in total. The Kier molecular flexibility index (Phi) is 5.04. The van der Waals surface area contributed by atoms with Crippen molar-refractivity contribution in [2.75, 3.05) is 0 Å². The first-order valence-electron chi connectivity index (χ1n) is 7.22. The summed E-state index contributed by atoms with van der Waals surface area (Å²) in [7, 11) is 0. The molecular formula is C18H11Cl3O4. The molecule has 3 rings (SSSR count). The molecule has 0 aliphatic carbocycles. The Morgan fingerprint density at radius 2 is 1.68 bits per heavy atom. The molecule has 1 unspecified atom stereocenters. The molecule has 0 radical (unpaired) electrons. The van der Waals surface area contributed by atoms with Crippen molar-refractivity contribution in [3.05, 3.63) is 74.4 Å². The van der Waals surface area contributed by atoms with Crippen LogP contribution in [0.4, 0.5) is 0 Å². The van der Waals surface area contributed by atoms with E-state index in [0.717, 1.165) is 0 Å². The van der Waals surface area contributed by atoms with Gasteiger partial charge in [-0.3, -0.25) is 4.79 Å². The minimum atomic E-state index is -0.849. The van der Waals surface area contributed by atoms with E-state index in [1.165, 1.54) is 19.1 Å². The van der Waals surface area contributed by atoms with E-state index >= 15 is 0 Å². The van der Waals surface area contributed by atoms with Crippen LogP contribution in [0.5, 0.6) is 0 Å². The van der Waals surface area contributed by atoms with Crippen LogP contribution in [-0.2, 0) is 19.1 Å². The molecule has 0 amide bonds. The van der Waals surface area contributed by atoms with E-state index in [0.29, 0.717) is 5.56 Å². The first kappa shape index (κ1) is 17.8. The molecule has 25 heavy (non-hydrogen) atoms. The van der Waals surface area contributed by atoms with Gasteiger partial charge in [0, 0.05) is 18.1 Å². The van der Waals surface area contributed by atoms with Gasteiger partial charge in [-0.15, -0.1) is 0 Å². The SMILES string of the molecule is CC(=O)OC1=C(c2cc(Cl)c(Cl)cc2Cl)C(=O)OC1c1ccccc1. The quantitative estimate of drug-likeness (QED) is 0.526. The van der Waals surface area contributed by atoms with Gasteiger partial charge < -0.3 is 9.47 Å². The monoisotopic (exact) mass is 396 g/mol. The molecule has 0 bridgehead atoms. The van der Waals surface area contributed by atoms with Crippen LogP contribution in [0.3, 0.4) is 0 Å². The summed E-state index contributed by atoms with van der Waals surface area (Å²) >= 11 is 18.2. The van der Waals surface area contributed by atoms with Crippen molar-refractivity contribution in [3.63, 3.8) is 0 Å². The maximum Gasteiger partial charge on any atom is 0.343 e. The van der Waals surface area contributed by atoms with Crippen molar-refractivity contribution in [2.24, 2.45) is 0 Å². The zero-order valence-corrected chi connectivity index (χ0v) is 15.2. The molecule has 1 heterocycles. The van der Waals surface area contributed by atoms with Crippen LogP contribution in [0, 0.1) is 0 Å². The molecule has 0 saturated heterocycles. The smallest absolute Gasteiger partial charge is 0.343 e.